The number of nitrogens with zero attached hydrogens (tertiary/aromatic N) is 1. The lowest BCUT2D eigenvalue weighted by Crippen LogP contribution is -2.14. The Labute approximate surface area is 68.0 Å². The first-order valence-corrected chi connectivity index (χ1v) is 4.41. The van der Waals surface area contributed by atoms with Gasteiger partial charge >= 0.3 is 5.97 Å². The van der Waals surface area contributed by atoms with Gasteiger partial charge in [0.05, 0.1) is 0 Å². The third-order valence-corrected chi connectivity index (χ3v) is 3.23. The van der Waals surface area contributed by atoms with Gasteiger partial charge in [0.2, 0.25) is 0 Å². The molecule has 2 aliphatic rings. The third kappa shape index (κ3) is 1.27. The molecular formula is C7H12NO2P. The van der Waals surface area contributed by atoms with Gasteiger partial charge in [-0.2, -0.15) is 0 Å². The highest BCUT2D eigenvalue weighted by atomic mass is 31.0. The number of carboxylic acids is 1. The van der Waals surface area contributed by atoms with Gasteiger partial charge in [-0.25, -0.2) is 0 Å². The van der Waals surface area contributed by atoms with Crippen molar-refractivity contribution >= 4 is 15.4 Å². The molecule has 0 radical (unpaired) electrons. The van der Waals surface area contributed by atoms with Gasteiger partial charge < -0.3 is 5.11 Å². The van der Waals surface area contributed by atoms with E-state index < -0.39 is 5.97 Å². The Morgan fingerprint density at radius 1 is 1.55 bits per heavy atom. The van der Waals surface area contributed by atoms with Crippen LogP contribution in [0.4, 0.5) is 0 Å². The van der Waals surface area contributed by atoms with Crippen LogP contribution in [-0.2, 0) is 4.79 Å². The summed E-state index contributed by atoms with van der Waals surface area (Å²) in [5.41, 5.74) is 0. The van der Waals surface area contributed by atoms with E-state index in [4.69, 9.17) is 5.11 Å². The van der Waals surface area contributed by atoms with Crippen molar-refractivity contribution in [1.82, 2.24) is 4.67 Å². The summed E-state index contributed by atoms with van der Waals surface area (Å²) in [5, 5.41) is 8.53. The molecule has 1 saturated heterocycles. The van der Waals surface area contributed by atoms with Crippen LogP contribution < -0.4 is 0 Å². The highest BCUT2D eigenvalue weighted by molar-refractivity contribution is 7.13. The monoisotopic (exact) mass is 173 g/mol. The van der Waals surface area contributed by atoms with Crippen LogP contribution in [-0.4, -0.2) is 28.8 Å². The molecule has 0 amide bonds. The van der Waals surface area contributed by atoms with E-state index in [-0.39, 0.29) is 0 Å². The van der Waals surface area contributed by atoms with Crippen LogP contribution in [0.3, 0.4) is 0 Å². The van der Waals surface area contributed by atoms with Crippen molar-refractivity contribution < 1.29 is 9.90 Å². The van der Waals surface area contributed by atoms with Gasteiger partial charge in [-0.15, -0.1) is 0 Å². The molecule has 2 fully saturated rings. The van der Waals surface area contributed by atoms with E-state index in [1.165, 1.54) is 0 Å². The summed E-state index contributed by atoms with van der Waals surface area (Å²) in [7, 11) is 2.67. The molecule has 0 spiro atoms. The smallest absolute Gasteiger partial charge is 0.303 e. The number of hydrogen-bond acceptors (Lipinski definition) is 2. The van der Waals surface area contributed by atoms with E-state index in [0.29, 0.717) is 24.2 Å². The van der Waals surface area contributed by atoms with Gasteiger partial charge in [-0.05, 0) is 17.8 Å². The first-order valence-electron chi connectivity index (χ1n) is 3.90. The quantitative estimate of drug-likeness (QED) is 0.615. The predicted molar refractivity (Wildman–Crippen MR) is 44.0 cm³/mol. The summed E-state index contributed by atoms with van der Waals surface area (Å²) >= 11 is 0. The molecule has 1 aliphatic heterocycles. The Kier molecular flexibility index (Phi) is 1.66. The van der Waals surface area contributed by atoms with E-state index in [2.05, 4.69) is 14.1 Å². The fourth-order valence-electron chi connectivity index (χ4n) is 2.19. The minimum absolute atomic E-state index is 0.383. The second kappa shape index (κ2) is 2.43. The SMILES string of the molecule is O=C(O)CC1C2CN(P)CC12. The van der Waals surface area contributed by atoms with Gasteiger partial charge in [0, 0.05) is 19.5 Å². The predicted octanol–water partition coefficient (Wildman–Crippen LogP) is 0.429. The first kappa shape index (κ1) is 7.51. The average Bonchev–Trinajstić information content (AvgIpc) is 2.43. The number of hydrogen-bond donors (Lipinski definition) is 1. The molecule has 0 aromatic carbocycles. The number of carboxylic acid groups (broad SMARTS) is 1. The third-order valence-electron chi connectivity index (χ3n) is 2.81. The molecule has 0 aromatic heterocycles. The van der Waals surface area contributed by atoms with Gasteiger partial charge in [-0.3, -0.25) is 9.46 Å². The first-order chi connectivity index (χ1) is 5.18. The summed E-state index contributed by atoms with van der Waals surface area (Å²) in [6, 6.07) is 0. The van der Waals surface area contributed by atoms with Crippen LogP contribution >= 0.6 is 9.39 Å². The molecule has 1 saturated carbocycles. The van der Waals surface area contributed by atoms with Crippen LogP contribution in [0.1, 0.15) is 6.42 Å². The van der Waals surface area contributed by atoms with Crippen LogP contribution in [0.5, 0.6) is 0 Å². The minimum atomic E-state index is -0.639. The Bertz CT molecular complexity index is 185. The lowest BCUT2D eigenvalue weighted by molar-refractivity contribution is -0.137. The maximum absolute atomic E-state index is 10.3. The van der Waals surface area contributed by atoms with Gasteiger partial charge in [0.25, 0.3) is 0 Å². The molecule has 4 heteroatoms. The molecule has 3 unspecified atom stereocenters. The molecule has 1 aliphatic carbocycles. The number of aliphatic carboxylic acids is 1. The molecule has 0 bridgehead atoms. The molecule has 62 valence electrons. The van der Waals surface area contributed by atoms with E-state index in [1.807, 2.05) is 0 Å². The van der Waals surface area contributed by atoms with Gasteiger partial charge in [0.1, 0.15) is 0 Å². The van der Waals surface area contributed by atoms with Crippen LogP contribution in [0, 0.1) is 17.8 Å². The Hall–Kier alpha value is -0.140. The largest absolute Gasteiger partial charge is 0.481 e. The number of carbonyl (C=O) groups is 1. The summed E-state index contributed by atoms with van der Waals surface area (Å²) in [6.07, 6.45) is 0.383. The van der Waals surface area contributed by atoms with Crippen molar-refractivity contribution in [2.75, 3.05) is 13.1 Å². The summed E-state index contributed by atoms with van der Waals surface area (Å²) in [4.78, 5) is 10.3. The fraction of sp³-hybridized carbons (Fsp3) is 0.857. The van der Waals surface area contributed by atoms with Crippen LogP contribution in [0.25, 0.3) is 0 Å². The summed E-state index contributed by atoms with van der Waals surface area (Å²) in [5.74, 6) is 1.22. The molecule has 11 heavy (non-hydrogen) atoms. The zero-order valence-corrected chi connectivity index (χ0v) is 7.39. The van der Waals surface area contributed by atoms with E-state index in [1.54, 1.807) is 0 Å². The van der Waals surface area contributed by atoms with Crippen molar-refractivity contribution in [1.29, 1.82) is 0 Å². The van der Waals surface area contributed by atoms with Crippen molar-refractivity contribution in [3.63, 3.8) is 0 Å². The van der Waals surface area contributed by atoms with Crippen LogP contribution in [0.15, 0.2) is 0 Å². The maximum atomic E-state index is 10.3. The van der Waals surface area contributed by atoms with Gasteiger partial charge in [-0.1, -0.05) is 9.39 Å². The molecule has 0 aromatic rings. The van der Waals surface area contributed by atoms with Crippen molar-refractivity contribution in [3.05, 3.63) is 0 Å². The highest BCUT2D eigenvalue weighted by Gasteiger charge is 2.55. The summed E-state index contributed by atoms with van der Waals surface area (Å²) < 4.78 is 2.20. The number of piperidine rings is 1. The lowest BCUT2D eigenvalue weighted by atomic mass is 10.2. The molecule has 2 rings (SSSR count). The summed E-state index contributed by atoms with van der Waals surface area (Å²) in [6.45, 7) is 2.15. The molecule has 3 nitrogen and oxygen atoms in total. The number of fused-ring (bicyclic) bond motifs is 1. The minimum Gasteiger partial charge on any atom is -0.481 e. The van der Waals surface area contributed by atoms with Crippen LogP contribution in [0.2, 0.25) is 0 Å². The standard InChI is InChI=1S/C7H12NO2P/c9-7(10)1-4-5-2-8(11)3-6(4)5/h4-6H,1-3,11H2,(H,9,10). The van der Waals surface area contributed by atoms with E-state index in [9.17, 15) is 4.79 Å². The van der Waals surface area contributed by atoms with E-state index >= 15 is 0 Å². The van der Waals surface area contributed by atoms with Crippen molar-refractivity contribution in [2.24, 2.45) is 17.8 Å². The maximum Gasteiger partial charge on any atom is 0.303 e. The average molecular weight is 173 g/mol. The zero-order valence-electron chi connectivity index (χ0n) is 6.23. The number of rotatable bonds is 2. The molecule has 3 atom stereocenters. The zero-order chi connectivity index (χ0) is 8.01. The molecule has 1 N–H and O–H groups in total. The van der Waals surface area contributed by atoms with Crippen molar-refractivity contribution in [2.45, 2.75) is 6.42 Å². The Balaban J connectivity index is 1.83. The van der Waals surface area contributed by atoms with E-state index in [0.717, 1.165) is 13.1 Å². The topological polar surface area (TPSA) is 40.5 Å². The molecule has 1 heterocycles. The molecular weight excluding hydrogens is 161 g/mol. The van der Waals surface area contributed by atoms with Crippen molar-refractivity contribution in [3.8, 4) is 0 Å². The normalized spacial score (nSPS) is 42.1. The highest BCUT2D eigenvalue weighted by Crippen LogP contribution is 2.54. The Morgan fingerprint density at radius 3 is 2.55 bits per heavy atom. The lowest BCUT2D eigenvalue weighted by Gasteiger charge is -2.10. The second-order valence-electron chi connectivity index (χ2n) is 3.54. The second-order valence-corrected chi connectivity index (χ2v) is 4.27. The van der Waals surface area contributed by atoms with Gasteiger partial charge in [0.15, 0.2) is 0 Å². The fourth-order valence-corrected chi connectivity index (χ4v) is 2.67. The Morgan fingerprint density at radius 2 is 2.09 bits per heavy atom.